The van der Waals surface area contributed by atoms with Gasteiger partial charge < -0.3 is 14.2 Å². The second-order valence-corrected chi connectivity index (χ2v) is 7.34. The molecule has 146 valence electrons. The Kier molecular flexibility index (Phi) is 6.31. The Morgan fingerprint density at radius 2 is 1.82 bits per heavy atom. The number of ether oxygens (including phenoxy) is 3. The smallest absolute Gasteiger partial charge is 0.312 e. The minimum Gasteiger partial charge on any atom is -0.493 e. The van der Waals surface area contributed by atoms with Gasteiger partial charge in [-0.15, -0.1) is 11.3 Å². The van der Waals surface area contributed by atoms with Crippen LogP contribution >= 0.6 is 11.3 Å². The van der Waals surface area contributed by atoms with E-state index in [9.17, 15) is 4.79 Å². The van der Waals surface area contributed by atoms with Gasteiger partial charge >= 0.3 is 5.97 Å². The van der Waals surface area contributed by atoms with Gasteiger partial charge in [-0.2, -0.15) is 0 Å². The largest absolute Gasteiger partial charge is 0.493 e. The van der Waals surface area contributed by atoms with Crippen molar-refractivity contribution in [2.45, 2.75) is 26.9 Å². The summed E-state index contributed by atoms with van der Waals surface area (Å²) < 4.78 is 16.0. The van der Waals surface area contributed by atoms with Crippen molar-refractivity contribution < 1.29 is 19.0 Å². The third kappa shape index (κ3) is 4.70. The molecule has 3 aromatic rings. The molecule has 0 saturated carbocycles. The second-order valence-electron chi connectivity index (χ2n) is 6.48. The summed E-state index contributed by atoms with van der Waals surface area (Å²) in [6.07, 6.45) is 0.147. The van der Waals surface area contributed by atoms with E-state index in [1.165, 1.54) is 11.3 Å². The van der Waals surface area contributed by atoms with Crippen molar-refractivity contribution in [1.82, 2.24) is 4.98 Å². The van der Waals surface area contributed by atoms with Crippen molar-refractivity contribution in [3.05, 3.63) is 64.2 Å². The lowest BCUT2D eigenvalue weighted by Crippen LogP contribution is -2.09. The number of aromatic nitrogens is 1. The zero-order valence-corrected chi connectivity index (χ0v) is 17.3. The van der Waals surface area contributed by atoms with Gasteiger partial charge in [-0.25, -0.2) is 4.98 Å². The molecule has 0 atom stereocenters. The molecule has 5 nitrogen and oxygen atoms in total. The van der Waals surface area contributed by atoms with Gasteiger partial charge in [0.05, 0.1) is 26.3 Å². The summed E-state index contributed by atoms with van der Waals surface area (Å²) in [5.41, 5.74) is 4.90. The average molecular weight is 397 g/mol. The van der Waals surface area contributed by atoms with Crippen molar-refractivity contribution in [3.63, 3.8) is 0 Å². The number of methoxy groups -OCH3 is 2. The molecule has 0 radical (unpaired) electrons. The number of rotatable bonds is 7. The maximum atomic E-state index is 12.2. The molecule has 0 aliphatic rings. The van der Waals surface area contributed by atoms with Gasteiger partial charge in [0.25, 0.3) is 0 Å². The van der Waals surface area contributed by atoms with E-state index in [-0.39, 0.29) is 19.0 Å². The van der Waals surface area contributed by atoms with Crippen LogP contribution in [0.3, 0.4) is 0 Å². The molecular weight excluding hydrogens is 374 g/mol. The quantitative estimate of drug-likeness (QED) is 0.540. The number of thiazole rings is 1. The van der Waals surface area contributed by atoms with Gasteiger partial charge in [0.2, 0.25) is 0 Å². The van der Waals surface area contributed by atoms with Crippen molar-refractivity contribution in [3.8, 4) is 22.1 Å². The van der Waals surface area contributed by atoms with E-state index in [1.807, 2.05) is 55.6 Å². The highest BCUT2D eigenvalue weighted by atomic mass is 32.1. The molecule has 3 rings (SSSR count). The predicted octanol–water partition coefficient (Wildman–Crippen LogP) is 4.73. The fourth-order valence-electron chi connectivity index (χ4n) is 2.80. The first-order chi connectivity index (χ1) is 13.5. The molecular formula is C22H23NO4S. The summed E-state index contributed by atoms with van der Waals surface area (Å²) in [5, 5.41) is 2.70. The van der Waals surface area contributed by atoms with Crippen LogP contribution in [0.4, 0.5) is 0 Å². The Morgan fingerprint density at radius 3 is 2.57 bits per heavy atom. The van der Waals surface area contributed by atoms with Crippen LogP contribution in [0.5, 0.6) is 11.5 Å². The molecule has 0 bridgehead atoms. The van der Waals surface area contributed by atoms with Crippen LogP contribution in [-0.4, -0.2) is 25.2 Å². The molecule has 0 aliphatic heterocycles. The first-order valence-electron chi connectivity index (χ1n) is 8.88. The highest BCUT2D eigenvalue weighted by Crippen LogP contribution is 2.33. The third-order valence-corrected chi connectivity index (χ3v) is 5.34. The molecule has 1 aromatic heterocycles. The highest BCUT2D eigenvalue weighted by molar-refractivity contribution is 7.13. The number of nitrogens with zero attached hydrogens (tertiary/aromatic N) is 1. The summed E-state index contributed by atoms with van der Waals surface area (Å²) in [6.45, 7) is 4.31. The molecule has 1 heterocycles. The average Bonchev–Trinajstić information content (AvgIpc) is 3.16. The molecule has 0 amide bonds. The Balaban J connectivity index is 1.64. The number of hydrogen-bond donors (Lipinski definition) is 0. The standard InChI is InChI=1S/C22H23NO4S/c1-14-5-6-15(2)17(9-14)12-27-21(24)11-18-13-28-22(23-18)16-7-8-19(25-3)20(10-16)26-4/h5-10,13H,11-12H2,1-4H3. The fourth-order valence-corrected chi connectivity index (χ4v) is 3.62. The highest BCUT2D eigenvalue weighted by Gasteiger charge is 2.13. The number of benzene rings is 2. The van der Waals surface area contributed by atoms with Crippen molar-refractivity contribution >= 4 is 17.3 Å². The Morgan fingerprint density at radius 1 is 1.04 bits per heavy atom. The van der Waals surface area contributed by atoms with E-state index in [2.05, 4.69) is 4.98 Å². The predicted molar refractivity (Wildman–Crippen MR) is 110 cm³/mol. The van der Waals surface area contributed by atoms with Gasteiger partial charge in [0.15, 0.2) is 11.5 Å². The maximum absolute atomic E-state index is 12.2. The SMILES string of the molecule is COc1ccc(-c2nc(CC(=O)OCc3cc(C)ccc3C)cs2)cc1OC. The molecule has 6 heteroatoms. The van der Waals surface area contributed by atoms with Crippen molar-refractivity contribution in [2.24, 2.45) is 0 Å². The van der Waals surface area contributed by atoms with Gasteiger partial charge in [-0.05, 0) is 43.2 Å². The Hall–Kier alpha value is -2.86. The van der Waals surface area contributed by atoms with Crippen LogP contribution in [-0.2, 0) is 22.6 Å². The van der Waals surface area contributed by atoms with E-state index in [0.717, 1.165) is 27.3 Å². The van der Waals surface area contributed by atoms with E-state index < -0.39 is 0 Å². The minimum absolute atomic E-state index is 0.147. The zero-order valence-electron chi connectivity index (χ0n) is 16.4. The summed E-state index contributed by atoms with van der Waals surface area (Å²) in [5.74, 6) is 1.02. The van der Waals surface area contributed by atoms with E-state index >= 15 is 0 Å². The molecule has 0 aliphatic carbocycles. The number of esters is 1. The monoisotopic (exact) mass is 397 g/mol. The lowest BCUT2D eigenvalue weighted by atomic mass is 10.1. The summed E-state index contributed by atoms with van der Waals surface area (Å²) in [7, 11) is 3.20. The Labute approximate surface area is 168 Å². The molecule has 28 heavy (non-hydrogen) atoms. The normalized spacial score (nSPS) is 10.6. The lowest BCUT2D eigenvalue weighted by Gasteiger charge is -2.08. The first-order valence-corrected chi connectivity index (χ1v) is 9.76. The summed E-state index contributed by atoms with van der Waals surface area (Å²) >= 11 is 1.48. The van der Waals surface area contributed by atoms with Crippen molar-refractivity contribution in [2.75, 3.05) is 14.2 Å². The topological polar surface area (TPSA) is 57.7 Å². The lowest BCUT2D eigenvalue weighted by molar-refractivity contribution is -0.144. The molecule has 0 fully saturated rings. The number of carbonyl (C=O) groups excluding carboxylic acids is 1. The molecule has 0 spiro atoms. The first kappa shape index (κ1) is 19.9. The molecule has 0 saturated heterocycles. The number of carbonyl (C=O) groups is 1. The Bertz CT molecular complexity index is 980. The fraction of sp³-hybridized carbons (Fsp3) is 0.273. The van der Waals surface area contributed by atoms with Crippen LogP contribution < -0.4 is 9.47 Å². The van der Waals surface area contributed by atoms with Gasteiger partial charge in [0.1, 0.15) is 11.6 Å². The third-order valence-electron chi connectivity index (χ3n) is 4.40. The van der Waals surface area contributed by atoms with E-state index in [4.69, 9.17) is 14.2 Å². The van der Waals surface area contributed by atoms with Crippen LogP contribution in [0, 0.1) is 13.8 Å². The van der Waals surface area contributed by atoms with Crippen molar-refractivity contribution in [1.29, 1.82) is 0 Å². The molecule has 0 unspecified atom stereocenters. The van der Waals surface area contributed by atoms with E-state index in [1.54, 1.807) is 14.2 Å². The van der Waals surface area contributed by atoms with Crippen LogP contribution in [0.25, 0.3) is 10.6 Å². The molecule has 2 aromatic carbocycles. The van der Waals surface area contributed by atoms with Gasteiger partial charge in [0, 0.05) is 10.9 Å². The van der Waals surface area contributed by atoms with E-state index in [0.29, 0.717) is 17.2 Å². The van der Waals surface area contributed by atoms with Gasteiger partial charge in [-0.1, -0.05) is 23.8 Å². The summed E-state index contributed by atoms with van der Waals surface area (Å²) in [6, 6.07) is 11.8. The van der Waals surface area contributed by atoms with Crippen LogP contribution in [0.1, 0.15) is 22.4 Å². The number of hydrogen-bond acceptors (Lipinski definition) is 6. The maximum Gasteiger partial charge on any atom is 0.312 e. The number of aryl methyl sites for hydroxylation is 2. The zero-order chi connectivity index (χ0) is 20.1. The summed E-state index contributed by atoms with van der Waals surface area (Å²) in [4.78, 5) is 16.8. The van der Waals surface area contributed by atoms with Gasteiger partial charge in [-0.3, -0.25) is 4.79 Å². The van der Waals surface area contributed by atoms with Crippen LogP contribution in [0.15, 0.2) is 41.8 Å². The molecule has 0 N–H and O–H groups in total. The van der Waals surface area contributed by atoms with Crippen LogP contribution in [0.2, 0.25) is 0 Å². The second kappa shape index (κ2) is 8.89. The minimum atomic E-state index is -0.287.